The molecule has 1 heterocycles. The van der Waals surface area contributed by atoms with Gasteiger partial charge in [-0.25, -0.2) is 8.42 Å². The summed E-state index contributed by atoms with van der Waals surface area (Å²) in [5.41, 5.74) is 0.414. The quantitative estimate of drug-likeness (QED) is 0.612. The van der Waals surface area contributed by atoms with E-state index in [0.29, 0.717) is 18.7 Å². The molecular weight excluding hydrogens is 326 g/mol. The first kappa shape index (κ1) is 17.9. The van der Waals surface area contributed by atoms with Crippen LogP contribution in [-0.2, 0) is 14.8 Å². The Bertz CT molecular complexity index is 781. The zero-order valence-electron chi connectivity index (χ0n) is 13.4. The molecule has 2 rings (SSSR count). The van der Waals surface area contributed by atoms with Gasteiger partial charge in [0.05, 0.1) is 16.5 Å². The topological polar surface area (TPSA) is 81.5 Å². The Balaban J connectivity index is 2.02. The number of rotatable bonds is 4. The summed E-state index contributed by atoms with van der Waals surface area (Å²) in [5.74, 6) is -0.122. The van der Waals surface area contributed by atoms with Crippen LogP contribution < -0.4 is 0 Å². The van der Waals surface area contributed by atoms with Crippen molar-refractivity contribution in [2.75, 3.05) is 26.2 Å². The van der Waals surface area contributed by atoms with Crippen molar-refractivity contribution < 1.29 is 13.2 Å². The summed E-state index contributed by atoms with van der Waals surface area (Å²) >= 11 is 0. The van der Waals surface area contributed by atoms with E-state index < -0.39 is 10.0 Å². The molecule has 0 N–H and O–H groups in total. The number of amides is 1. The fraction of sp³-hybridized carbons (Fsp3) is 0.294. The average molecular weight is 345 g/mol. The van der Waals surface area contributed by atoms with Crippen molar-refractivity contribution >= 4 is 15.9 Å². The van der Waals surface area contributed by atoms with Crippen LogP contribution in [0.15, 0.2) is 53.5 Å². The first-order valence-electron chi connectivity index (χ1n) is 7.57. The molecule has 0 unspecified atom stereocenters. The van der Waals surface area contributed by atoms with Crippen LogP contribution in [0, 0.1) is 11.3 Å². The maximum absolute atomic E-state index is 12.6. The lowest BCUT2D eigenvalue weighted by Gasteiger charge is -2.33. The van der Waals surface area contributed by atoms with Gasteiger partial charge in [-0.3, -0.25) is 4.79 Å². The number of hydrogen-bond acceptors (Lipinski definition) is 4. The second kappa shape index (κ2) is 7.90. The summed E-state index contributed by atoms with van der Waals surface area (Å²) in [5, 5.41) is 8.78. The first-order valence-corrected chi connectivity index (χ1v) is 9.01. The van der Waals surface area contributed by atoms with Crippen LogP contribution in [0.2, 0.25) is 0 Å². The number of allylic oxidation sites excluding steroid dienone is 3. The zero-order chi connectivity index (χ0) is 17.6. The van der Waals surface area contributed by atoms with Crippen LogP contribution in [0.25, 0.3) is 0 Å². The molecule has 126 valence electrons. The summed E-state index contributed by atoms with van der Waals surface area (Å²) < 4.78 is 26.6. The Morgan fingerprint density at radius 3 is 2.29 bits per heavy atom. The molecule has 1 saturated heterocycles. The smallest absolute Gasteiger partial charge is 0.246 e. The molecule has 0 radical (unpaired) electrons. The highest BCUT2D eigenvalue weighted by molar-refractivity contribution is 7.89. The molecule has 24 heavy (non-hydrogen) atoms. The third-order valence-corrected chi connectivity index (χ3v) is 5.63. The molecule has 0 spiro atoms. The number of benzene rings is 1. The maximum Gasteiger partial charge on any atom is 0.246 e. The van der Waals surface area contributed by atoms with Gasteiger partial charge in [0.1, 0.15) is 0 Å². The molecule has 1 aromatic rings. The fourth-order valence-corrected chi connectivity index (χ4v) is 3.78. The van der Waals surface area contributed by atoms with Gasteiger partial charge in [0.15, 0.2) is 0 Å². The monoisotopic (exact) mass is 345 g/mol. The highest BCUT2D eigenvalue weighted by Crippen LogP contribution is 2.18. The molecular formula is C17H19N3O3S. The molecule has 0 atom stereocenters. The molecule has 0 aliphatic carbocycles. The number of sulfonamides is 1. The Morgan fingerprint density at radius 1 is 1.12 bits per heavy atom. The van der Waals surface area contributed by atoms with E-state index in [0.717, 1.165) is 0 Å². The van der Waals surface area contributed by atoms with E-state index in [1.165, 1.54) is 34.6 Å². The second-order valence-corrected chi connectivity index (χ2v) is 7.19. The van der Waals surface area contributed by atoms with Gasteiger partial charge in [0.25, 0.3) is 0 Å². The van der Waals surface area contributed by atoms with E-state index in [1.54, 1.807) is 17.1 Å². The lowest BCUT2D eigenvalue weighted by molar-refractivity contribution is -0.127. The molecule has 1 aliphatic rings. The Hall–Kier alpha value is -2.43. The van der Waals surface area contributed by atoms with Crippen molar-refractivity contribution in [2.24, 2.45) is 0 Å². The lowest BCUT2D eigenvalue weighted by Crippen LogP contribution is -2.50. The van der Waals surface area contributed by atoms with Crippen LogP contribution in [-0.4, -0.2) is 49.7 Å². The third kappa shape index (κ3) is 4.10. The second-order valence-electron chi connectivity index (χ2n) is 5.25. The molecule has 1 fully saturated rings. The summed E-state index contributed by atoms with van der Waals surface area (Å²) in [6.07, 6.45) is 6.74. The average Bonchev–Trinajstić information content (AvgIpc) is 2.62. The minimum Gasteiger partial charge on any atom is -0.337 e. The number of carbonyl (C=O) groups is 1. The van der Waals surface area contributed by atoms with Crippen LogP contribution >= 0.6 is 0 Å². The predicted molar refractivity (Wildman–Crippen MR) is 90.4 cm³/mol. The van der Waals surface area contributed by atoms with Gasteiger partial charge in [0, 0.05) is 32.3 Å². The van der Waals surface area contributed by atoms with Crippen molar-refractivity contribution in [2.45, 2.75) is 11.8 Å². The van der Waals surface area contributed by atoms with Gasteiger partial charge in [-0.15, -0.1) is 0 Å². The van der Waals surface area contributed by atoms with E-state index in [1.807, 2.05) is 19.1 Å². The highest BCUT2D eigenvalue weighted by Gasteiger charge is 2.29. The van der Waals surface area contributed by atoms with Crippen molar-refractivity contribution in [3.05, 3.63) is 54.1 Å². The summed E-state index contributed by atoms with van der Waals surface area (Å²) in [6.45, 7) is 3.09. The van der Waals surface area contributed by atoms with Crippen molar-refractivity contribution in [3.8, 4) is 6.07 Å². The van der Waals surface area contributed by atoms with Gasteiger partial charge < -0.3 is 4.90 Å². The number of piperazine rings is 1. The summed E-state index contributed by atoms with van der Waals surface area (Å²) in [7, 11) is -3.60. The normalized spacial score (nSPS) is 16.6. The van der Waals surface area contributed by atoms with Gasteiger partial charge in [-0.2, -0.15) is 9.57 Å². The van der Waals surface area contributed by atoms with Gasteiger partial charge in [-0.05, 0) is 31.2 Å². The molecule has 6 nitrogen and oxygen atoms in total. The molecule has 0 bridgehead atoms. The van der Waals surface area contributed by atoms with E-state index in [9.17, 15) is 13.2 Å². The molecule has 7 heteroatoms. The van der Waals surface area contributed by atoms with Crippen LogP contribution in [0.4, 0.5) is 0 Å². The van der Waals surface area contributed by atoms with Gasteiger partial charge in [0.2, 0.25) is 15.9 Å². The highest BCUT2D eigenvalue weighted by atomic mass is 32.2. The Morgan fingerprint density at radius 2 is 1.75 bits per heavy atom. The van der Waals surface area contributed by atoms with Gasteiger partial charge in [-0.1, -0.05) is 18.2 Å². The van der Waals surface area contributed by atoms with Crippen molar-refractivity contribution in [1.29, 1.82) is 5.26 Å². The third-order valence-electron chi connectivity index (χ3n) is 3.71. The van der Waals surface area contributed by atoms with Crippen molar-refractivity contribution in [1.82, 2.24) is 9.21 Å². The predicted octanol–water partition coefficient (Wildman–Crippen LogP) is 1.52. The van der Waals surface area contributed by atoms with E-state index in [2.05, 4.69) is 0 Å². The Kier molecular flexibility index (Phi) is 5.90. The summed E-state index contributed by atoms with van der Waals surface area (Å²) in [6, 6.07) is 7.80. The van der Waals surface area contributed by atoms with E-state index in [-0.39, 0.29) is 23.9 Å². The van der Waals surface area contributed by atoms with Crippen LogP contribution in [0.3, 0.4) is 0 Å². The van der Waals surface area contributed by atoms with Gasteiger partial charge >= 0.3 is 0 Å². The number of carbonyl (C=O) groups excluding carboxylic acids is 1. The van der Waals surface area contributed by atoms with Crippen LogP contribution in [0.1, 0.15) is 12.5 Å². The lowest BCUT2D eigenvalue weighted by atomic mass is 10.2. The van der Waals surface area contributed by atoms with E-state index >= 15 is 0 Å². The molecule has 0 aromatic heterocycles. The standard InChI is InChI=1S/C17H19N3O3S/c1-2-3-4-5-17(21)19-10-12-20(13-11-19)24(22,23)16-8-6-15(14-18)7-9-16/h2-9H,10-13H2,1H3/b3-2+,5-4+. The minimum absolute atomic E-state index is 0.122. The molecule has 1 aliphatic heterocycles. The maximum atomic E-state index is 12.6. The Labute approximate surface area is 142 Å². The molecule has 0 saturated carbocycles. The number of hydrogen-bond donors (Lipinski definition) is 0. The number of nitrogens with zero attached hydrogens (tertiary/aromatic N) is 3. The SMILES string of the molecule is C/C=C/C=C/C(=O)N1CCN(S(=O)(=O)c2ccc(C#N)cc2)CC1. The van der Waals surface area contributed by atoms with Crippen LogP contribution in [0.5, 0.6) is 0 Å². The van der Waals surface area contributed by atoms with Crippen molar-refractivity contribution in [3.63, 3.8) is 0 Å². The largest absolute Gasteiger partial charge is 0.337 e. The molecule has 1 amide bonds. The molecule has 1 aromatic carbocycles. The number of nitriles is 1. The minimum atomic E-state index is -3.60. The zero-order valence-corrected chi connectivity index (χ0v) is 14.2. The van der Waals surface area contributed by atoms with E-state index in [4.69, 9.17) is 5.26 Å². The summed E-state index contributed by atoms with van der Waals surface area (Å²) in [4.78, 5) is 13.8. The first-order chi connectivity index (χ1) is 11.5. The fourth-order valence-electron chi connectivity index (χ4n) is 2.35.